The first kappa shape index (κ1) is 21.8. The van der Waals surface area contributed by atoms with Gasteiger partial charge in [-0.15, -0.1) is 0 Å². The Bertz CT molecular complexity index is 1180. The van der Waals surface area contributed by atoms with Crippen molar-refractivity contribution in [2.24, 2.45) is 5.73 Å². The van der Waals surface area contributed by atoms with Gasteiger partial charge in [-0.1, -0.05) is 24.3 Å². The van der Waals surface area contributed by atoms with Crippen molar-refractivity contribution >= 4 is 33.2 Å². The van der Waals surface area contributed by atoms with Crippen molar-refractivity contribution in [1.82, 2.24) is 0 Å². The molecule has 3 aromatic carbocycles. The molecule has 0 aliphatic carbocycles. The molecule has 0 spiro atoms. The first-order chi connectivity index (χ1) is 14.8. The summed E-state index contributed by atoms with van der Waals surface area (Å²) < 4.78 is 32.7. The SMILES string of the molecule is COc1ccc(S(=O)(=O)N(CC(=O)Nc2cccc(C(N)=O)c2)c2ccccc2)cc1. The molecule has 3 N–H and O–H groups in total. The second-order valence-electron chi connectivity index (χ2n) is 6.52. The van der Waals surface area contributed by atoms with Crippen molar-refractivity contribution in [3.63, 3.8) is 0 Å². The maximum atomic E-state index is 13.3. The minimum absolute atomic E-state index is 0.0145. The Morgan fingerprint density at radius 3 is 2.26 bits per heavy atom. The van der Waals surface area contributed by atoms with E-state index >= 15 is 0 Å². The van der Waals surface area contributed by atoms with Gasteiger partial charge in [0.1, 0.15) is 12.3 Å². The summed E-state index contributed by atoms with van der Waals surface area (Å²) in [5, 5.41) is 2.61. The maximum Gasteiger partial charge on any atom is 0.264 e. The van der Waals surface area contributed by atoms with Gasteiger partial charge < -0.3 is 15.8 Å². The molecule has 0 unspecified atom stereocenters. The van der Waals surface area contributed by atoms with Crippen LogP contribution >= 0.6 is 0 Å². The van der Waals surface area contributed by atoms with Crippen molar-refractivity contribution in [3.05, 3.63) is 84.4 Å². The van der Waals surface area contributed by atoms with E-state index in [4.69, 9.17) is 10.5 Å². The van der Waals surface area contributed by atoms with Crippen LogP contribution in [0.3, 0.4) is 0 Å². The number of nitrogens with two attached hydrogens (primary N) is 1. The topological polar surface area (TPSA) is 119 Å². The first-order valence-electron chi connectivity index (χ1n) is 9.23. The number of hydrogen-bond donors (Lipinski definition) is 2. The number of primary amides is 1. The van der Waals surface area contributed by atoms with Gasteiger partial charge in [0, 0.05) is 11.3 Å². The number of carbonyl (C=O) groups excluding carboxylic acids is 2. The normalized spacial score (nSPS) is 10.9. The number of rotatable bonds is 8. The highest BCUT2D eigenvalue weighted by Crippen LogP contribution is 2.25. The third kappa shape index (κ3) is 5.20. The van der Waals surface area contributed by atoms with Crippen molar-refractivity contribution in [2.75, 3.05) is 23.3 Å². The molecule has 0 fully saturated rings. The molecule has 0 aliphatic heterocycles. The summed E-state index contributed by atoms with van der Waals surface area (Å²) in [5.41, 5.74) is 6.15. The highest BCUT2D eigenvalue weighted by Gasteiger charge is 2.27. The Morgan fingerprint density at radius 2 is 1.65 bits per heavy atom. The van der Waals surface area contributed by atoms with E-state index in [1.165, 1.54) is 43.5 Å². The number of nitrogens with zero attached hydrogens (tertiary/aromatic N) is 1. The summed E-state index contributed by atoms with van der Waals surface area (Å²) in [5.74, 6) is -0.705. The number of amides is 2. The standard InChI is InChI=1S/C22H21N3O5S/c1-30-19-10-12-20(13-11-19)31(28,29)25(18-8-3-2-4-9-18)15-21(26)24-17-7-5-6-16(14-17)22(23)27/h2-14H,15H2,1H3,(H2,23,27)(H,24,26). The lowest BCUT2D eigenvalue weighted by molar-refractivity contribution is -0.114. The molecule has 2 amide bonds. The number of benzene rings is 3. The molecule has 3 rings (SSSR count). The first-order valence-corrected chi connectivity index (χ1v) is 10.7. The zero-order valence-electron chi connectivity index (χ0n) is 16.7. The molecule has 8 nitrogen and oxygen atoms in total. The van der Waals surface area contributed by atoms with Crippen molar-refractivity contribution < 1.29 is 22.7 Å². The number of hydrogen-bond acceptors (Lipinski definition) is 5. The fourth-order valence-corrected chi connectivity index (χ4v) is 4.29. The summed E-state index contributed by atoms with van der Waals surface area (Å²) in [6.45, 7) is -0.473. The smallest absolute Gasteiger partial charge is 0.264 e. The number of anilines is 2. The quantitative estimate of drug-likeness (QED) is 0.559. The van der Waals surface area contributed by atoms with Gasteiger partial charge in [-0.05, 0) is 54.6 Å². The molecule has 0 saturated heterocycles. The summed E-state index contributed by atoms with van der Waals surface area (Å²) in [6.07, 6.45) is 0. The Morgan fingerprint density at radius 1 is 0.968 bits per heavy atom. The van der Waals surface area contributed by atoms with Crippen LogP contribution in [-0.2, 0) is 14.8 Å². The average molecular weight is 439 g/mol. The predicted octanol–water partition coefficient (Wildman–Crippen LogP) is 2.63. The zero-order chi connectivity index (χ0) is 22.4. The minimum atomic E-state index is -4.05. The number of carbonyl (C=O) groups is 2. The van der Waals surface area contributed by atoms with Crippen LogP contribution in [0.5, 0.6) is 5.75 Å². The molecule has 160 valence electrons. The molecule has 0 aliphatic rings. The van der Waals surface area contributed by atoms with Crippen LogP contribution < -0.4 is 20.1 Å². The zero-order valence-corrected chi connectivity index (χ0v) is 17.5. The Kier molecular flexibility index (Phi) is 6.56. The van der Waals surface area contributed by atoms with E-state index in [-0.39, 0.29) is 10.5 Å². The number of ether oxygens (including phenoxy) is 1. The minimum Gasteiger partial charge on any atom is -0.497 e. The van der Waals surface area contributed by atoms with Gasteiger partial charge in [0.15, 0.2) is 0 Å². The highest BCUT2D eigenvalue weighted by atomic mass is 32.2. The average Bonchev–Trinajstić information content (AvgIpc) is 2.78. The summed E-state index contributed by atoms with van der Waals surface area (Å²) in [6, 6.07) is 20.3. The van der Waals surface area contributed by atoms with E-state index in [0.717, 1.165) is 4.31 Å². The van der Waals surface area contributed by atoms with Gasteiger partial charge in [-0.2, -0.15) is 0 Å². The predicted molar refractivity (Wildman–Crippen MR) is 118 cm³/mol. The second-order valence-corrected chi connectivity index (χ2v) is 8.38. The van der Waals surface area contributed by atoms with Crippen LogP contribution in [0.1, 0.15) is 10.4 Å². The molecular weight excluding hydrogens is 418 g/mol. The van der Waals surface area contributed by atoms with Crippen LogP contribution in [0.15, 0.2) is 83.8 Å². The molecule has 0 atom stereocenters. The largest absolute Gasteiger partial charge is 0.497 e. The van der Waals surface area contributed by atoms with Crippen LogP contribution in [0.2, 0.25) is 0 Å². The maximum absolute atomic E-state index is 13.3. The monoisotopic (exact) mass is 439 g/mol. The van der Waals surface area contributed by atoms with E-state index in [2.05, 4.69) is 5.32 Å². The lowest BCUT2D eigenvalue weighted by atomic mass is 10.2. The Balaban J connectivity index is 1.90. The third-order valence-corrected chi connectivity index (χ3v) is 6.20. The van der Waals surface area contributed by atoms with Gasteiger partial charge in [0.25, 0.3) is 10.0 Å². The molecule has 31 heavy (non-hydrogen) atoms. The fourth-order valence-electron chi connectivity index (χ4n) is 2.87. The fraction of sp³-hybridized carbons (Fsp3) is 0.0909. The molecule has 0 saturated carbocycles. The van der Waals surface area contributed by atoms with E-state index < -0.39 is 28.4 Å². The lowest BCUT2D eigenvalue weighted by Gasteiger charge is -2.24. The van der Waals surface area contributed by atoms with Crippen molar-refractivity contribution in [2.45, 2.75) is 4.90 Å². The Labute approximate surface area is 180 Å². The van der Waals surface area contributed by atoms with Gasteiger partial charge in [-0.25, -0.2) is 8.42 Å². The third-order valence-electron chi connectivity index (χ3n) is 4.41. The summed E-state index contributed by atoms with van der Waals surface area (Å²) >= 11 is 0. The van der Waals surface area contributed by atoms with Gasteiger partial charge in [-0.3, -0.25) is 13.9 Å². The molecule has 3 aromatic rings. The molecule has 0 bridgehead atoms. The molecular formula is C22H21N3O5S. The summed E-state index contributed by atoms with van der Waals surface area (Å²) in [7, 11) is -2.56. The molecule has 0 aromatic heterocycles. The number of methoxy groups -OCH3 is 1. The van der Waals surface area contributed by atoms with Crippen LogP contribution in [0.25, 0.3) is 0 Å². The van der Waals surface area contributed by atoms with Gasteiger partial charge >= 0.3 is 0 Å². The van der Waals surface area contributed by atoms with Crippen LogP contribution in [-0.4, -0.2) is 33.9 Å². The van der Waals surface area contributed by atoms with Crippen LogP contribution in [0.4, 0.5) is 11.4 Å². The Hall–Kier alpha value is -3.85. The highest BCUT2D eigenvalue weighted by molar-refractivity contribution is 7.92. The summed E-state index contributed by atoms with van der Waals surface area (Å²) in [4.78, 5) is 24.1. The van der Waals surface area contributed by atoms with Gasteiger partial charge in [0.05, 0.1) is 17.7 Å². The molecule has 9 heteroatoms. The van der Waals surface area contributed by atoms with Crippen LogP contribution in [0, 0.1) is 0 Å². The van der Waals surface area contributed by atoms with Gasteiger partial charge in [0.2, 0.25) is 11.8 Å². The van der Waals surface area contributed by atoms with Crippen molar-refractivity contribution in [3.8, 4) is 5.75 Å². The molecule has 0 heterocycles. The van der Waals surface area contributed by atoms with E-state index in [1.54, 1.807) is 42.5 Å². The van der Waals surface area contributed by atoms with E-state index in [9.17, 15) is 18.0 Å². The van der Waals surface area contributed by atoms with E-state index in [1.807, 2.05) is 0 Å². The molecule has 0 radical (unpaired) electrons. The number of para-hydroxylation sites is 1. The number of nitrogens with one attached hydrogen (secondary N) is 1. The second kappa shape index (κ2) is 9.31. The van der Waals surface area contributed by atoms with Crippen molar-refractivity contribution in [1.29, 1.82) is 0 Å². The number of sulfonamides is 1. The van der Waals surface area contributed by atoms with E-state index in [0.29, 0.717) is 17.1 Å². The lowest BCUT2D eigenvalue weighted by Crippen LogP contribution is -2.38.